The molecule has 0 amide bonds. The van der Waals surface area contributed by atoms with Crippen LogP contribution >= 0.6 is 11.6 Å². The van der Waals surface area contributed by atoms with Crippen molar-refractivity contribution in [2.75, 3.05) is 5.43 Å². The van der Waals surface area contributed by atoms with Crippen molar-refractivity contribution in [1.29, 1.82) is 0 Å². The molecule has 1 aromatic heterocycles. The van der Waals surface area contributed by atoms with Gasteiger partial charge in [-0.05, 0) is 60.5 Å². The van der Waals surface area contributed by atoms with Gasteiger partial charge in [0.2, 0.25) is 0 Å². The van der Waals surface area contributed by atoms with E-state index in [0.29, 0.717) is 5.02 Å². The first kappa shape index (κ1) is 17.4. The second-order valence-electron chi connectivity index (χ2n) is 6.28. The fraction of sp³-hybridized carbons (Fsp3) is 0.0870. The summed E-state index contributed by atoms with van der Waals surface area (Å²) in [6, 6.07) is 25.7. The van der Waals surface area contributed by atoms with Crippen LogP contribution in [0.5, 0.6) is 0 Å². The molecule has 1 heterocycles. The van der Waals surface area contributed by atoms with Crippen molar-refractivity contribution < 1.29 is 4.42 Å². The van der Waals surface area contributed by atoms with Gasteiger partial charge in [0.15, 0.2) is 0 Å². The summed E-state index contributed by atoms with van der Waals surface area (Å²) < 4.78 is 6.15. The fourth-order valence-electron chi connectivity index (χ4n) is 2.92. The SMILES string of the molecule is CCc1ccc2oc(-c3ccc(Cl)cc3)c/c(=N\Nc3ccccc3)c2c1. The molecule has 3 aromatic carbocycles. The third kappa shape index (κ3) is 3.88. The molecule has 0 spiro atoms. The van der Waals surface area contributed by atoms with E-state index in [4.69, 9.17) is 16.0 Å². The molecular formula is C23H19ClN2O. The van der Waals surface area contributed by atoms with E-state index in [1.165, 1.54) is 5.56 Å². The van der Waals surface area contributed by atoms with Crippen molar-refractivity contribution in [3.8, 4) is 11.3 Å². The highest BCUT2D eigenvalue weighted by atomic mass is 35.5. The second-order valence-corrected chi connectivity index (χ2v) is 6.71. The maximum Gasteiger partial charge on any atom is 0.136 e. The molecule has 0 aliphatic heterocycles. The largest absolute Gasteiger partial charge is 0.456 e. The second kappa shape index (κ2) is 7.68. The number of hydrogen-bond acceptors (Lipinski definition) is 3. The third-order valence-corrected chi connectivity index (χ3v) is 4.68. The van der Waals surface area contributed by atoms with Gasteiger partial charge >= 0.3 is 0 Å². The van der Waals surface area contributed by atoms with Crippen molar-refractivity contribution in [3.05, 3.63) is 94.8 Å². The summed E-state index contributed by atoms with van der Waals surface area (Å²) in [5.74, 6) is 0.747. The van der Waals surface area contributed by atoms with Crippen LogP contribution in [0, 0.1) is 0 Å². The highest BCUT2D eigenvalue weighted by molar-refractivity contribution is 6.30. The highest BCUT2D eigenvalue weighted by Gasteiger charge is 2.07. The average Bonchev–Trinajstić information content (AvgIpc) is 2.72. The lowest BCUT2D eigenvalue weighted by Crippen LogP contribution is -2.08. The first-order chi connectivity index (χ1) is 13.2. The summed E-state index contributed by atoms with van der Waals surface area (Å²) in [5.41, 5.74) is 7.08. The molecule has 134 valence electrons. The van der Waals surface area contributed by atoms with Crippen molar-refractivity contribution in [1.82, 2.24) is 0 Å². The lowest BCUT2D eigenvalue weighted by molar-refractivity contribution is 0.618. The van der Waals surface area contributed by atoms with Gasteiger partial charge in [-0.3, -0.25) is 5.43 Å². The van der Waals surface area contributed by atoms with E-state index < -0.39 is 0 Å². The van der Waals surface area contributed by atoms with Crippen LogP contribution in [0.2, 0.25) is 5.02 Å². The van der Waals surface area contributed by atoms with Crippen molar-refractivity contribution in [3.63, 3.8) is 0 Å². The minimum atomic E-state index is 0.697. The zero-order chi connectivity index (χ0) is 18.6. The van der Waals surface area contributed by atoms with Crippen LogP contribution in [0.1, 0.15) is 12.5 Å². The number of anilines is 1. The number of nitrogens with zero attached hydrogens (tertiary/aromatic N) is 1. The number of rotatable bonds is 4. The Balaban J connectivity index is 1.88. The molecule has 4 rings (SSSR count). The predicted molar refractivity (Wildman–Crippen MR) is 112 cm³/mol. The highest BCUT2D eigenvalue weighted by Crippen LogP contribution is 2.24. The summed E-state index contributed by atoms with van der Waals surface area (Å²) in [7, 11) is 0. The minimum Gasteiger partial charge on any atom is -0.456 e. The molecule has 4 heteroatoms. The van der Waals surface area contributed by atoms with Crippen LogP contribution in [-0.4, -0.2) is 0 Å². The lowest BCUT2D eigenvalue weighted by atomic mass is 10.1. The molecule has 1 N–H and O–H groups in total. The van der Waals surface area contributed by atoms with Gasteiger partial charge in [-0.1, -0.05) is 42.8 Å². The lowest BCUT2D eigenvalue weighted by Gasteiger charge is -2.07. The maximum absolute atomic E-state index is 6.15. The van der Waals surface area contributed by atoms with Gasteiger partial charge in [0, 0.05) is 22.0 Å². The van der Waals surface area contributed by atoms with Gasteiger partial charge in [0.05, 0.1) is 11.0 Å². The van der Waals surface area contributed by atoms with Crippen molar-refractivity contribution >= 4 is 28.3 Å². The molecule has 0 unspecified atom stereocenters. The topological polar surface area (TPSA) is 37.5 Å². The van der Waals surface area contributed by atoms with E-state index in [0.717, 1.165) is 39.8 Å². The maximum atomic E-state index is 6.15. The number of fused-ring (bicyclic) bond motifs is 1. The van der Waals surface area contributed by atoms with Gasteiger partial charge in [-0.2, -0.15) is 5.10 Å². The summed E-state index contributed by atoms with van der Waals surface area (Å²) in [6.07, 6.45) is 0.959. The summed E-state index contributed by atoms with van der Waals surface area (Å²) in [5, 5.41) is 7.16. The molecular weight excluding hydrogens is 356 g/mol. The first-order valence-corrected chi connectivity index (χ1v) is 9.28. The van der Waals surface area contributed by atoms with Crippen LogP contribution < -0.4 is 10.8 Å². The molecule has 0 aliphatic rings. The molecule has 3 nitrogen and oxygen atoms in total. The standard InChI is InChI=1S/C23H19ClN2O/c1-2-16-8-13-22-20(14-16)21(26-25-19-6-4-3-5-7-19)15-23(27-22)17-9-11-18(24)12-10-17/h3-15,25H,2H2,1H3/b26-21+. The van der Waals surface area contributed by atoms with Crippen LogP contribution in [0.3, 0.4) is 0 Å². The Morgan fingerprint density at radius 3 is 2.44 bits per heavy atom. The van der Waals surface area contributed by atoms with Crippen molar-refractivity contribution in [2.24, 2.45) is 5.10 Å². The van der Waals surface area contributed by atoms with Gasteiger partial charge in [-0.25, -0.2) is 0 Å². The molecule has 0 saturated heterocycles. The number of aryl methyl sites for hydroxylation is 1. The molecule has 0 radical (unpaired) electrons. The van der Waals surface area contributed by atoms with Gasteiger partial charge in [0.1, 0.15) is 11.3 Å². The number of nitrogens with one attached hydrogen (secondary N) is 1. The number of hydrogen-bond donors (Lipinski definition) is 1. The summed E-state index contributed by atoms with van der Waals surface area (Å²) in [4.78, 5) is 0. The zero-order valence-electron chi connectivity index (χ0n) is 14.9. The quantitative estimate of drug-likeness (QED) is 0.429. The molecule has 0 atom stereocenters. The Morgan fingerprint density at radius 1 is 0.926 bits per heavy atom. The fourth-order valence-corrected chi connectivity index (χ4v) is 3.05. The van der Waals surface area contributed by atoms with E-state index >= 15 is 0 Å². The molecule has 4 aromatic rings. The van der Waals surface area contributed by atoms with E-state index in [9.17, 15) is 0 Å². The van der Waals surface area contributed by atoms with Gasteiger partial charge < -0.3 is 4.42 Å². The molecule has 0 saturated carbocycles. The molecule has 0 bridgehead atoms. The molecule has 0 fully saturated rings. The van der Waals surface area contributed by atoms with E-state index in [2.05, 4.69) is 29.6 Å². The van der Waals surface area contributed by atoms with Gasteiger partial charge in [-0.15, -0.1) is 0 Å². The van der Waals surface area contributed by atoms with E-state index in [1.54, 1.807) is 0 Å². The smallest absolute Gasteiger partial charge is 0.136 e. The number of halogens is 1. The van der Waals surface area contributed by atoms with E-state index in [-0.39, 0.29) is 0 Å². The van der Waals surface area contributed by atoms with E-state index in [1.807, 2.05) is 66.7 Å². The van der Waals surface area contributed by atoms with Crippen LogP contribution in [0.25, 0.3) is 22.3 Å². The minimum absolute atomic E-state index is 0.697. The average molecular weight is 375 g/mol. The van der Waals surface area contributed by atoms with Gasteiger partial charge in [0.25, 0.3) is 0 Å². The molecule has 0 aliphatic carbocycles. The summed E-state index contributed by atoms with van der Waals surface area (Å²) in [6.45, 7) is 2.14. The summed E-state index contributed by atoms with van der Waals surface area (Å²) >= 11 is 6.02. The third-order valence-electron chi connectivity index (χ3n) is 4.42. The monoisotopic (exact) mass is 374 g/mol. The Kier molecular flexibility index (Phi) is 4.95. The molecule has 27 heavy (non-hydrogen) atoms. The number of benzene rings is 3. The Hall–Kier alpha value is -3.04. The zero-order valence-corrected chi connectivity index (χ0v) is 15.7. The first-order valence-electron chi connectivity index (χ1n) is 8.90. The Bertz CT molecular complexity index is 1130. The van der Waals surface area contributed by atoms with Crippen LogP contribution in [0.4, 0.5) is 5.69 Å². The van der Waals surface area contributed by atoms with Crippen LogP contribution in [0.15, 0.2) is 88.4 Å². The normalized spacial score (nSPS) is 11.7. The number of para-hydroxylation sites is 1. The Morgan fingerprint density at radius 2 is 1.70 bits per heavy atom. The predicted octanol–water partition coefficient (Wildman–Crippen LogP) is 6.24. The Labute approximate surface area is 162 Å². The van der Waals surface area contributed by atoms with Crippen LogP contribution in [-0.2, 0) is 6.42 Å². The van der Waals surface area contributed by atoms with Crippen molar-refractivity contribution in [2.45, 2.75) is 13.3 Å².